The highest BCUT2D eigenvalue weighted by Gasteiger charge is 2.35. The summed E-state index contributed by atoms with van der Waals surface area (Å²) in [5.74, 6) is -1.05. The smallest absolute Gasteiger partial charge is 0.317 e. The van der Waals surface area contributed by atoms with E-state index in [1.807, 2.05) is 4.90 Å². The van der Waals surface area contributed by atoms with E-state index in [-0.39, 0.29) is 23.5 Å². The largest absolute Gasteiger partial charge is 0.481 e. The van der Waals surface area contributed by atoms with Gasteiger partial charge in [-0.15, -0.1) is 0 Å². The Kier molecular flexibility index (Phi) is 4.22. The number of carbonyl (C=O) groups is 2. The molecule has 20 heavy (non-hydrogen) atoms. The summed E-state index contributed by atoms with van der Waals surface area (Å²) in [4.78, 5) is 27.3. The lowest BCUT2D eigenvalue weighted by Crippen LogP contribution is -2.61. The maximum atomic E-state index is 12.3. The predicted molar refractivity (Wildman–Crippen MR) is 75.6 cm³/mol. The van der Waals surface area contributed by atoms with Gasteiger partial charge in [0, 0.05) is 31.2 Å². The summed E-state index contributed by atoms with van der Waals surface area (Å²) < 4.78 is 0. The third kappa shape index (κ3) is 3.23. The van der Waals surface area contributed by atoms with E-state index >= 15 is 0 Å². The zero-order chi connectivity index (χ0) is 14.9. The fourth-order valence-electron chi connectivity index (χ4n) is 3.02. The number of aliphatic carboxylic acids is 1. The molecule has 1 aliphatic carbocycles. The minimum atomic E-state index is -0.748. The normalized spacial score (nSPS) is 30.2. The molecule has 0 aromatic heterocycles. The van der Waals surface area contributed by atoms with E-state index in [1.165, 1.54) is 0 Å². The zero-order valence-corrected chi connectivity index (χ0v) is 12.6. The third-order valence-electron chi connectivity index (χ3n) is 4.71. The number of rotatable bonds is 2. The van der Waals surface area contributed by atoms with Crippen molar-refractivity contribution >= 4 is 12.0 Å². The molecule has 1 saturated carbocycles. The van der Waals surface area contributed by atoms with Gasteiger partial charge >= 0.3 is 12.0 Å². The number of urea groups is 1. The van der Waals surface area contributed by atoms with Crippen molar-refractivity contribution in [3.05, 3.63) is 0 Å². The van der Waals surface area contributed by atoms with Crippen LogP contribution in [0.4, 0.5) is 4.79 Å². The van der Waals surface area contributed by atoms with Crippen LogP contribution in [0.15, 0.2) is 0 Å². The number of hydrogen-bond acceptors (Lipinski definition) is 3. The van der Waals surface area contributed by atoms with Crippen LogP contribution < -0.4 is 5.32 Å². The topological polar surface area (TPSA) is 72.9 Å². The Morgan fingerprint density at radius 3 is 2.50 bits per heavy atom. The number of amides is 2. The molecule has 6 heteroatoms. The molecular formula is C14H25N3O3. The van der Waals surface area contributed by atoms with Crippen LogP contribution in [0.25, 0.3) is 0 Å². The summed E-state index contributed by atoms with van der Waals surface area (Å²) in [6, 6.07) is -0.0476. The Morgan fingerprint density at radius 2 is 1.95 bits per heavy atom. The van der Waals surface area contributed by atoms with Crippen molar-refractivity contribution in [3.8, 4) is 0 Å². The van der Waals surface area contributed by atoms with Crippen LogP contribution in [0.5, 0.6) is 0 Å². The van der Waals surface area contributed by atoms with Gasteiger partial charge in [-0.2, -0.15) is 0 Å². The highest BCUT2D eigenvalue weighted by atomic mass is 16.4. The summed E-state index contributed by atoms with van der Waals surface area (Å²) in [6.07, 6.45) is 1.98. The van der Waals surface area contributed by atoms with Crippen LogP contribution >= 0.6 is 0 Å². The molecule has 2 aliphatic rings. The van der Waals surface area contributed by atoms with Crippen molar-refractivity contribution in [3.63, 3.8) is 0 Å². The van der Waals surface area contributed by atoms with Crippen LogP contribution in [0.1, 0.15) is 33.1 Å². The van der Waals surface area contributed by atoms with E-state index in [0.717, 1.165) is 19.5 Å². The van der Waals surface area contributed by atoms with Gasteiger partial charge in [-0.1, -0.05) is 0 Å². The molecule has 6 nitrogen and oxygen atoms in total. The molecule has 2 rings (SSSR count). The van der Waals surface area contributed by atoms with Gasteiger partial charge in [0.2, 0.25) is 0 Å². The third-order valence-corrected chi connectivity index (χ3v) is 4.71. The fourth-order valence-corrected chi connectivity index (χ4v) is 3.02. The molecule has 0 aromatic carbocycles. The Morgan fingerprint density at radius 1 is 1.25 bits per heavy atom. The Bertz CT molecular complexity index is 397. The first-order valence-electron chi connectivity index (χ1n) is 7.29. The first kappa shape index (κ1) is 15.1. The number of nitrogens with zero attached hydrogens (tertiary/aromatic N) is 2. The number of carbonyl (C=O) groups excluding carboxylic acids is 1. The first-order valence-corrected chi connectivity index (χ1v) is 7.29. The molecule has 1 aliphatic heterocycles. The minimum Gasteiger partial charge on any atom is -0.481 e. The van der Waals surface area contributed by atoms with Crippen LogP contribution in [-0.2, 0) is 4.79 Å². The quantitative estimate of drug-likeness (QED) is 0.792. The number of likely N-dealkylation sites (N-methyl/N-ethyl adjacent to an activating group) is 1. The molecule has 1 saturated heterocycles. The number of nitrogens with one attached hydrogen (secondary N) is 1. The van der Waals surface area contributed by atoms with Gasteiger partial charge in [0.1, 0.15) is 0 Å². The van der Waals surface area contributed by atoms with Crippen LogP contribution in [0, 0.1) is 5.92 Å². The van der Waals surface area contributed by atoms with E-state index in [9.17, 15) is 9.59 Å². The van der Waals surface area contributed by atoms with Gasteiger partial charge in [0.15, 0.2) is 0 Å². The van der Waals surface area contributed by atoms with Gasteiger partial charge in [0.25, 0.3) is 0 Å². The van der Waals surface area contributed by atoms with Crippen molar-refractivity contribution in [2.75, 3.05) is 26.7 Å². The second kappa shape index (κ2) is 5.60. The number of piperazine rings is 1. The summed E-state index contributed by atoms with van der Waals surface area (Å²) in [7, 11) is 2.07. The second-order valence-corrected chi connectivity index (χ2v) is 6.65. The van der Waals surface area contributed by atoms with Crippen molar-refractivity contribution in [2.24, 2.45) is 5.92 Å². The average Bonchev–Trinajstić information content (AvgIpc) is 2.81. The molecule has 0 radical (unpaired) electrons. The molecule has 2 N–H and O–H groups in total. The van der Waals surface area contributed by atoms with Crippen molar-refractivity contribution in [2.45, 2.75) is 44.7 Å². The lowest BCUT2D eigenvalue weighted by atomic mass is 10.00. The summed E-state index contributed by atoms with van der Waals surface area (Å²) in [5.41, 5.74) is -0.0190. The Hall–Kier alpha value is -1.30. The highest BCUT2D eigenvalue weighted by molar-refractivity contribution is 5.75. The van der Waals surface area contributed by atoms with Gasteiger partial charge in [0.05, 0.1) is 5.92 Å². The maximum Gasteiger partial charge on any atom is 0.317 e. The van der Waals surface area contributed by atoms with Crippen LogP contribution in [-0.4, -0.2) is 65.2 Å². The monoisotopic (exact) mass is 283 g/mol. The molecule has 0 aromatic rings. The molecular weight excluding hydrogens is 258 g/mol. The minimum absolute atomic E-state index is 0.00590. The van der Waals surface area contributed by atoms with E-state index in [0.29, 0.717) is 19.4 Å². The van der Waals surface area contributed by atoms with Crippen LogP contribution in [0.2, 0.25) is 0 Å². The highest BCUT2D eigenvalue weighted by Crippen LogP contribution is 2.26. The molecule has 114 valence electrons. The fraction of sp³-hybridized carbons (Fsp3) is 0.857. The van der Waals surface area contributed by atoms with Gasteiger partial charge in [-0.3, -0.25) is 9.69 Å². The average molecular weight is 283 g/mol. The second-order valence-electron chi connectivity index (χ2n) is 6.65. The van der Waals surface area contributed by atoms with E-state index < -0.39 is 5.97 Å². The lowest BCUT2D eigenvalue weighted by Gasteiger charge is -2.45. The van der Waals surface area contributed by atoms with Gasteiger partial charge < -0.3 is 15.3 Å². The molecule has 2 atom stereocenters. The van der Waals surface area contributed by atoms with Crippen molar-refractivity contribution in [1.82, 2.24) is 15.1 Å². The summed E-state index contributed by atoms with van der Waals surface area (Å²) in [6.45, 7) is 6.54. The number of carboxylic acid groups (broad SMARTS) is 1. The number of hydrogen-bond donors (Lipinski definition) is 2. The standard InChI is InChI=1S/C14H25N3O3/c1-14(2)9-17(7-6-16(14)3)13(20)15-11-5-4-10(8-11)12(18)19/h10-11H,4-9H2,1-3H3,(H,15,20)(H,18,19)/t10-,11+/m1/s1. The van der Waals surface area contributed by atoms with E-state index in [1.54, 1.807) is 0 Å². The predicted octanol–water partition coefficient (Wildman–Crippen LogP) is 0.975. The lowest BCUT2D eigenvalue weighted by molar-refractivity contribution is -0.141. The maximum absolute atomic E-state index is 12.3. The van der Waals surface area contributed by atoms with E-state index in [2.05, 4.69) is 31.1 Å². The van der Waals surface area contributed by atoms with Crippen LogP contribution in [0.3, 0.4) is 0 Å². The molecule has 2 fully saturated rings. The molecule has 0 unspecified atom stereocenters. The molecule has 0 bridgehead atoms. The summed E-state index contributed by atoms with van der Waals surface area (Å²) >= 11 is 0. The Balaban J connectivity index is 1.85. The zero-order valence-electron chi connectivity index (χ0n) is 12.6. The molecule has 0 spiro atoms. The Labute approximate surface area is 120 Å². The number of carboxylic acids is 1. The van der Waals surface area contributed by atoms with Gasteiger partial charge in [-0.05, 0) is 40.2 Å². The first-order chi connectivity index (χ1) is 9.29. The summed E-state index contributed by atoms with van der Waals surface area (Å²) in [5, 5.41) is 12.0. The van der Waals surface area contributed by atoms with E-state index in [4.69, 9.17) is 5.11 Å². The molecule has 2 amide bonds. The molecule has 1 heterocycles. The van der Waals surface area contributed by atoms with Crippen molar-refractivity contribution in [1.29, 1.82) is 0 Å². The van der Waals surface area contributed by atoms with Crippen molar-refractivity contribution < 1.29 is 14.7 Å². The van der Waals surface area contributed by atoms with Gasteiger partial charge in [-0.25, -0.2) is 4.79 Å². The SMILES string of the molecule is CN1CCN(C(=O)N[C@H]2CC[C@@H](C(=O)O)C2)CC1(C)C.